The van der Waals surface area contributed by atoms with E-state index < -0.39 is 0 Å². The average molecular weight is 284 g/mol. The van der Waals surface area contributed by atoms with Crippen molar-refractivity contribution in [3.8, 4) is 0 Å². The van der Waals surface area contributed by atoms with Crippen molar-refractivity contribution in [2.45, 2.75) is 11.9 Å². The molecular weight excluding hydrogens is 272 g/mol. The summed E-state index contributed by atoms with van der Waals surface area (Å²) >= 11 is 1.39. The van der Waals surface area contributed by atoms with Crippen LogP contribution in [0.15, 0.2) is 41.9 Å². The largest absolute Gasteiger partial charge is 0.341 e. The number of aromatic nitrogens is 4. The highest BCUT2D eigenvalue weighted by Crippen LogP contribution is 2.22. The minimum atomic E-state index is 0.0845. The Balaban J connectivity index is 1.74. The molecule has 20 heavy (non-hydrogen) atoms. The van der Waals surface area contributed by atoms with E-state index in [1.807, 2.05) is 31.2 Å². The van der Waals surface area contributed by atoms with Crippen molar-refractivity contribution >= 4 is 28.7 Å². The molecule has 0 aliphatic heterocycles. The predicted octanol–water partition coefficient (Wildman–Crippen LogP) is 2.64. The summed E-state index contributed by atoms with van der Waals surface area (Å²) < 4.78 is 0. The second kappa shape index (κ2) is 5.42. The third-order valence-corrected chi connectivity index (χ3v) is 3.89. The van der Waals surface area contributed by atoms with E-state index in [2.05, 4.69) is 19.9 Å². The number of nitrogens with one attached hydrogen (secondary N) is 1. The normalized spacial score (nSPS) is 10.8. The highest BCUT2D eigenvalue weighted by molar-refractivity contribution is 8.00. The highest BCUT2D eigenvalue weighted by atomic mass is 32.2. The number of aromatic amines is 1. The first-order valence-electron chi connectivity index (χ1n) is 6.11. The number of Topliss-reactive ketones (excluding diaryl/α,β-unsaturated/α-hetero) is 1. The van der Waals surface area contributed by atoms with E-state index in [4.69, 9.17) is 0 Å². The Bertz CT molecular complexity index is 751. The van der Waals surface area contributed by atoms with Gasteiger partial charge < -0.3 is 4.98 Å². The van der Waals surface area contributed by atoms with Crippen molar-refractivity contribution in [2.75, 3.05) is 5.75 Å². The van der Waals surface area contributed by atoms with Gasteiger partial charge in [0.25, 0.3) is 0 Å². The van der Waals surface area contributed by atoms with Crippen LogP contribution in [0.25, 0.3) is 11.2 Å². The molecule has 1 N–H and O–H groups in total. The van der Waals surface area contributed by atoms with Crippen LogP contribution < -0.4 is 0 Å². The van der Waals surface area contributed by atoms with Crippen LogP contribution in [-0.2, 0) is 0 Å². The summed E-state index contributed by atoms with van der Waals surface area (Å²) in [5.41, 5.74) is 3.25. The monoisotopic (exact) mass is 284 g/mol. The van der Waals surface area contributed by atoms with Crippen molar-refractivity contribution in [3.05, 3.63) is 48.0 Å². The molecule has 0 radical (unpaired) electrons. The molecule has 2 heterocycles. The van der Waals surface area contributed by atoms with Crippen molar-refractivity contribution in [1.29, 1.82) is 0 Å². The van der Waals surface area contributed by atoms with Gasteiger partial charge in [0.15, 0.2) is 11.4 Å². The van der Waals surface area contributed by atoms with Crippen molar-refractivity contribution in [2.24, 2.45) is 0 Å². The lowest BCUT2D eigenvalue weighted by molar-refractivity contribution is 0.102. The van der Waals surface area contributed by atoms with Crippen LogP contribution in [0.1, 0.15) is 15.9 Å². The number of hydrogen-bond acceptors (Lipinski definition) is 5. The topological polar surface area (TPSA) is 71.5 Å². The summed E-state index contributed by atoms with van der Waals surface area (Å²) in [5.74, 6) is 0.426. The fraction of sp³-hybridized carbons (Fsp3) is 0.143. The van der Waals surface area contributed by atoms with Gasteiger partial charge in [-0.2, -0.15) is 0 Å². The summed E-state index contributed by atoms with van der Waals surface area (Å²) in [6.45, 7) is 2.00. The molecule has 2 aromatic heterocycles. The van der Waals surface area contributed by atoms with Crippen LogP contribution in [-0.4, -0.2) is 31.5 Å². The quantitative estimate of drug-likeness (QED) is 0.453. The first-order chi connectivity index (χ1) is 9.74. The second-order valence-corrected chi connectivity index (χ2v) is 5.32. The number of rotatable bonds is 4. The fourth-order valence-corrected chi connectivity index (χ4v) is 2.66. The standard InChI is InChI=1S/C14H12N4OS/c1-9-2-4-10(5-3-9)11(19)6-20-14-12-13(16-7-15-12)17-8-18-14/h2-5,7-8H,6H2,1H3,(H,15,16,17,18). The highest BCUT2D eigenvalue weighted by Gasteiger charge is 2.10. The molecule has 0 aliphatic carbocycles. The number of benzene rings is 1. The fourth-order valence-electron chi connectivity index (χ4n) is 1.81. The van der Waals surface area contributed by atoms with Gasteiger partial charge in [-0.15, -0.1) is 0 Å². The Hall–Kier alpha value is -2.21. The Morgan fingerprint density at radius 3 is 2.80 bits per heavy atom. The van der Waals surface area contributed by atoms with E-state index in [1.54, 1.807) is 6.33 Å². The van der Waals surface area contributed by atoms with Gasteiger partial charge in [0, 0.05) is 5.56 Å². The van der Waals surface area contributed by atoms with Gasteiger partial charge in [0.2, 0.25) is 0 Å². The van der Waals surface area contributed by atoms with Gasteiger partial charge in [-0.25, -0.2) is 15.0 Å². The smallest absolute Gasteiger partial charge is 0.181 e. The number of thioether (sulfide) groups is 1. The van der Waals surface area contributed by atoms with Crippen LogP contribution >= 0.6 is 11.8 Å². The third-order valence-electron chi connectivity index (χ3n) is 2.90. The summed E-state index contributed by atoms with van der Waals surface area (Å²) in [6, 6.07) is 7.58. The molecular formula is C14H12N4OS. The molecule has 0 saturated carbocycles. The number of hydrogen-bond donors (Lipinski definition) is 1. The minimum Gasteiger partial charge on any atom is -0.341 e. The van der Waals surface area contributed by atoms with Crippen LogP contribution in [0.2, 0.25) is 0 Å². The number of fused-ring (bicyclic) bond motifs is 1. The number of aryl methyl sites for hydroxylation is 1. The summed E-state index contributed by atoms with van der Waals surface area (Å²) in [4.78, 5) is 27.4. The molecule has 0 amide bonds. The number of H-pyrrole nitrogens is 1. The third kappa shape index (κ3) is 2.55. The molecule has 0 unspecified atom stereocenters. The molecule has 5 nitrogen and oxygen atoms in total. The lowest BCUT2D eigenvalue weighted by Crippen LogP contribution is -2.02. The number of carbonyl (C=O) groups excluding carboxylic acids is 1. The molecule has 3 rings (SSSR count). The van der Waals surface area contributed by atoms with Crippen LogP contribution in [0.3, 0.4) is 0 Å². The number of carbonyl (C=O) groups is 1. The van der Waals surface area contributed by atoms with E-state index in [0.717, 1.165) is 21.7 Å². The molecule has 0 fully saturated rings. The van der Waals surface area contributed by atoms with E-state index in [0.29, 0.717) is 11.4 Å². The number of imidazole rings is 1. The van der Waals surface area contributed by atoms with E-state index >= 15 is 0 Å². The number of ketones is 1. The predicted molar refractivity (Wildman–Crippen MR) is 77.9 cm³/mol. The van der Waals surface area contributed by atoms with Gasteiger partial charge in [-0.3, -0.25) is 4.79 Å². The molecule has 0 bridgehead atoms. The van der Waals surface area contributed by atoms with Gasteiger partial charge in [0.05, 0.1) is 12.1 Å². The second-order valence-electron chi connectivity index (χ2n) is 4.36. The number of nitrogens with zero attached hydrogens (tertiary/aromatic N) is 3. The Morgan fingerprint density at radius 1 is 1.20 bits per heavy atom. The Labute approximate surface area is 119 Å². The van der Waals surface area contributed by atoms with Crippen LogP contribution in [0, 0.1) is 6.92 Å². The minimum absolute atomic E-state index is 0.0845. The van der Waals surface area contributed by atoms with E-state index in [-0.39, 0.29) is 5.78 Å². The van der Waals surface area contributed by atoms with Gasteiger partial charge in [0.1, 0.15) is 16.9 Å². The van der Waals surface area contributed by atoms with E-state index in [9.17, 15) is 4.79 Å². The average Bonchev–Trinajstić information content (AvgIpc) is 2.94. The van der Waals surface area contributed by atoms with Crippen molar-refractivity contribution < 1.29 is 4.79 Å². The van der Waals surface area contributed by atoms with E-state index in [1.165, 1.54) is 18.1 Å². The zero-order valence-electron chi connectivity index (χ0n) is 10.8. The molecule has 6 heteroatoms. The lowest BCUT2D eigenvalue weighted by atomic mass is 10.1. The Morgan fingerprint density at radius 2 is 2.00 bits per heavy atom. The molecule has 1 aromatic carbocycles. The van der Waals surface area contributed by atoms with Crippen molar-refractivity contribution in [1.82, 2.24) is 19.9 Å². The van der Waals surface area contributed by atoms with Gasteiger partial charge in [-0.05, 0) is 6.92 Å². The molecule has 0 saturated heterocycles. The van der Waals surface area contributed by atoms with Crippen molar-refractivity contribution in [3.63, 3.8) is 0 Å². The lowest BCUT2D eigenvalue weighted by Gasteiger charge is -2.02. The van der Waals surface area contributed by atoms with Crippen LogP contribution in [0.5, 0.6) is 0 Å². The van der Waals surface area contributed by atoms with Gasteiger partial charge in [-0.1, -0.05) is 41.6 Å². The summed E-state index contributed by atoms with van der Waals surface area (Å²) in [7, 11) is 0. The van der Waals surface area contributed by atoms with Gasteiger partial charge >= 0.3 is 0 Å². The molecule has 0 spiro atoms. The first kappa shape index (κ1) is 12.8. The maximum atomic E-state index is 12.1. The molecule has 0 atom stereocenters. The molecule has 0 aliphatic rings. The maximum Gasteiger partial charge on any atom is 0.181 e. The zero-order valence-corrected chi connectivity index (χ0v) is 11.6. The summed E-state index contributed by atoms with van der Waals surface area (Å²) in [5, 5.41) is 0.743. The first-order valence-corrected chi connectivity index (χ1v) is 7.09. The molecule has 100 valence electrons. The molecule has 3 aromatic rings. The SMILES string of the molecule is Cc1ccc(C(=O)CSc2ncnc3nc[nH]c23)cc1. The maximum absolute atomic E-state index is 12.1. The van der Waals surface area contributed by atoms with Crippen LogP contribution in [0.4, 0.5) is 0 Å². The zero-order chi connectivity index (χ0) is 13.9. The summed E-state index contributed by atoms with van der Waals surface area (Å²) in [6.07, 6.45) is 3.03. The Kier molecular flexibility index (Phi) is 3.47.